The smallest absolute Gasteiger partial charge is 0.101 e. The third kappa shape index (κ3) is 3.89. The minimum atomic E-state index is 0.636. The van der Waals surface area contributed by atoms with E-state index in [9.17, 15) is 0 Å². The molecule has 3 nitrogen and oxygen atoms in total. The molecule has 2 rings (SSSR count). The molecule has 1 aliphatic carbocycles. The fourth-order valence-electron chi connectivity index (χ4n) is 3.04. The second-order valence-electron chi connectivity index (χ2n) is 5.77. The van der Waals surface area contributed by atoms with Gasteiger partial charge in [-0.3, -0.25) is 0 Å². The molecule has 19 heavy (non-hydrogen) atoms. The van der Waals surface area contributed by atoms with Crippen LogP contribution in [0.3, 0.4) is 0 Å². The van der Waals surface area contributed by atoms with E-state index in [1.807, 2.05) is 12.1 Å². The predicted octanol–water partition coefficient (Wildman–Crippen LogP) is 3.77. The molecule has 2 atom stereocenters. The van der Waals surface area contributed by atoms with Crippen molar-refractivity contribution in [1.82, 2.24) is 0 Å². The van der Waals surface area contributed by atoms with Crippen LogP contribution in [-0.4, -0.2) is 6.54 Å². The molecule has 0 spiro atoms. The Bertz CT molecular complexity index is 462. The average molecular weight is 257 g/mol. The van der Waals surface area contributed by atoms with Crippen LogP contribution in [0.4, 0.5) is 11.4 Å². The monoisotopic (exact) mass is 257 g/mol. The summed E-state index contributed by atoms with van der Waals surface area (Å²) in [6.07, 6.45) is 6.67. The highest BCUT2D eigenvalue weighted by atomic mass is 14.9. The highest BCUT2D eigenvalue weighted by Crippen LogP contribution is 2.30. The van der Waals surface area contributed by atoms with Gasteiger partial charge in [0.15, 0.2) is 0 Å². The van der Waals surface area contributed by atoms with Crippen molar-refractivity contribution in [3.05, 3.63) is 23.8 Å². The third-order valence-electron chi connectivity index (χ3n) is 4.08. The summed E-state index contributed by atoms with van der Waals surface area (Å²) in [6.45, 7) is 3.29. The predicted molar refractivity (Wildman–Crippen MR) is 79.8 cm³/mol. The van der Waals surface area contributed by atoms with Gasteiger partial charge >= 0.3 is 0 Å². The van der Waals surface area contributed by atoms with E-state index in [0.717, 1.165) is 24.1 Å². The van der Waals surface area contributed by atoms with Crippen molar-refractivity contribution < 1.29 is 0 Å². The summed E-state index contributed by atoms with van der Waals surface area (Å²) < 4.78 is 0. The van der Waals surface area contributed by atoms with E-state index in [1.54, 1.807) is 6.07 Å². The fourth-order valence-corrected chi connectivity index (χ4v) is 3.04. The quantitative estimate of drug-likeness (QED) is 0.807. The van der Waals surface area contributed by atoms with Gasteiger partial charge in [-0.1, -0.05) is 26.2 Å². The molecule has 0 bridgehead atoms. The Labute approximate surface area is 115 Å². The van der Waals surface area contributed by atoms with Gasteiger partial charge in [0.2, 0.25) is 0 Å². The van der Waals surface area contributed by atoms with Crippen molar-refractivity contribution in [2.45, 2.75) is 39.0 Å². The lowest BCUT2D eigenvalue weighted by molar-refractivity contribution is 0.274. The summed E-state index contributed by atoms with van der Waals surface area (Å²) in [5, 5.41) is 12.5. The first-order valence-electron chi connectivity index (χ1n) is 7.22. The molecule has 0 aliphatic heterocycles. The lowest BCUT2D eigenvalue weighted by Crippen LogP contribution is -2.16. The van der Waals surface area contributed by atoms with E-state index in [4.69, 9.17) is 11.0 Å². The normalized spacial score (nSPS) is 22.7. The maximum Gasteiger partial charge on any atom is 0.101 e. The minimum Gasteiger partial charge on any atom is -0.399 e. The number of nitrogens with one attached hydrogen (secondary N) is 1. The van der Waals surface area contributed by atoms with Gasteiger partial charge < -0.3 is 11.1 Å². The summed E-state index contributed by atoms with van der Waals surface area (Å²) in [4.78, 5) is 0. The number of benzene rings is 1. The van der Waals surface area contributed by atoms with E-state index >= 15 is 0 Å². The van der Waals surface area contributed by atoms with Gasteiger partial charge in [0.05, 0.1) is 11.3 Å². The number of anilines is 2. The molecule has 1 fully saturated rings. The van der Waals surface area contributed by atoms with Crippen LogP contribution in [0.1, 0.15) is 44.6 Å². The lowest BCUT2D eigenvalue weighted by Gasteiger charge is -2.26. The zero-order valence-corrected chi connectivity index (χ0v) is 11.7. The SMILES string of the molecule is CC1CCCC(CCNc2ccc(N)cc2C#N)C1. The average Bonchev–Trinajstić information content (AvgIpc) is 2.40. The zero-order valence-electron chi connectivity index (χ0n) is 11.7. The maximum atomic E-state index is 9.08. The summed E-state index contributed by atoms with van der Waals surface area (Å²) in [7, 11) is 0. The number of nitrogens with two attached hydrogens (primary N) is 1. The molecule has 1 aromatic carbocycles. The Morgan fingerprint density at radius 1 is 1.42 bits per heavy atom. The molecule has 3 heteroatoms. The number of hydrogen-bond donors (Lipinski definition) is 2. The Kier molecular flexibility index (Phi) is 4.68. The van der Waals surface area contributed by atoms with E-state index in [2.05, 4.69) is 18.3 Å². The minimum absolute atomic E-state index is 0.636. The summed E-state index contributed by atoms with van der Waals surface area (Å²) >= 11 is 0. The number of nitrogen functional groups attached to an aromatic ring is 1. The van der Waals surface area contributed by atoms with Crippen LogP contribution in [0.25, 0.3) is 0 Å². The molecular formula is C16H23N3. The Morgan fingerprint density at radius 2 is 2.26 bits per heavy atom. The summed E-state index contributed by atoms with van der Waals surface area (Å²) in [5.41, 5.74) is 7.87. The van der Waals surface area contributed by atoms with Gasteiger partial charge in [-0.2, -0.15) is 5.26 Å². The highest BCUT2D eigenvalue weighted by Gasteiger charge is 2.18. The van der Waals surface area contributed by atoms with E-state index in [1.165, 1.54) is 32.1 Å². The zero-order chi connectivity index (χ0) is 13.7. The van der Waals surface area contributed by atoms with Crippen molar-refractivity contribution in [2.75, 3.05) is 17.6 Å². The van der Waals surface area contributed by atoms with Crippen LogP contribution >= 0.6 is 0 Å². The maximum absolute atomic E-state index is 9.08. The van der Waals surface area contributed by atoms with Gasteiger partial charge in [-0.25, -0.2) is 0 Å². The molecule has 102 valence electrons. The molecule has 0 aromatic heterocycles. The topological polar surface area (TPSA) is 61.8 Å². The van der Waals surface area contributed by atoms with Crippen LogP contribution in [0.5, 0.6) is 0 Å². The molecule has 3 N–H and O–H groups in total. The second kappa shape index (κ2) is 6.47. The number of nitrogens with zero attached hydrogens (tertiary/aromatic N) is 1. The highest BCUT2D eigenvalue weighted by molar-refractivity contribution is 5.62. The van der Waals surface area contributed by atoms with Crippen LogP contribution < -0.4 is 11.1 Å². The molecule has 0 heterocycles. The van der Waals surface area contributed by atoms with Crippen LogP contribution in [0.2, 0.25) is 0 Å². The van der Waals surface area contributed by atoms with Crippen molar-refractivity contribution in [3.63, 3.8) is 0 Å². The molecular weight excluding hydrogens is 234 g/mol. The largest absolute Gasteiger partial charge is 0.399 e. The van der Waals surface area contributed by atoms with Crippen LogP contribution in [0, 0.1) is 23.2 Å². The first-order valence-corrected chi connectivity index (χ1v) is 7.22. The standard InChI is InChI=1S/C16H23N3/c1-12-3-2-4-13(9-12)7-8-19-16-6-5-15(18)10-14(16)11-17/h5-6,10,12-13,19H,2-4,7-9,18H2,1H3. The van der Waals surface area contributed by atoms with Gasteiger partial charge in [-0.05, 0) is 42.9 Å². The fraction of sp³-hybridized carbons (Fsp3) is 0.562. The van der Waals surface area contributed by atoms with E-state index < -0.39 is 0 Å². The number of hydrogen-bond acceptors (Lipinski definition) is 3. The Morgan fingerprint density at radius 3 is 3.00 bits per heavy atom. The molecule has 2 unspecified atom stereocenters. The van der Waals surface area contributed by atoms with Crippen molar-refractivity contribution in [2.24, 2.45) is 11.8 Å². The molecule has 1 aromatic rings. The molecule has 1 saturated carbocycles. The molecule has 0 radical (unpaired) electrons. The lowest BCUT2D eigenvalue weighted by atomic mass is 9.81. The first kappa shape index (κ1) is 13.7. The third-order valence-corrected chi connectivity index (χ3v) is 4.08. The first-order chi connectivity index (χ1) is 9.19. The van der Waals surface area contributed by atoms with Crippen LogP contribution in [-0.2, 0) is 0 Å². The van der Waals surface area contributed by atoms with Crippen molar-refractivity contribution in [3.8, 4) is 6.07 Å². The Balaban J connectivity index is 1.84. The number of nitriles is 1. The second-order valence-corrected chi connectivity index (χ2v) is 5.77. The van der Waals surface area contributed by atoms with Gasteiger partial charge in [0.25, 0.3) is 0 Å². The van der Waals surface area contributed by atoms with Crippen molar-refractivity contribution >= 4 is 11.4 Å². The van der Waals surface area contributed by atoms with E-state index in [0.29, 0.717) is 11.3 Å². The van der Waals surface area contributed by atoms with Crippen molar-refractivity contribution in [1.29, 1.82) is 5.26 Å². The Hall–Kier alpha value is -1.69. The molecule has 1 aliphatic rings. The number of rotatable bonds is 4. The van der Waals surface area contributed by atoms with Crippen LogP contribution in [0.15, 0.2) is 18.2 Å². The summed E-state index contributed by atoms with van der Waals surface area (Å²) in [6, 6.07) is 7.66. The van der Waals surface area contributed by atoms with Gasteiger partial charge in [-0.15, -0.1) is 0 Å². The van der Waals surface area contributed by atoms with E-state index in [-0.39, 0.29) is 0 Å². The molecule has 0 amide bonds. The summed E-state index contributed by atoms with van der Waals surface area (Å²) in [5.74, 6) is 1.72. The molecule has 0 saturated heterocycles. The van der Waals surface area contributed by atoms with Gasteiger partial charge in [0.1, 0.15) is 6.07 Å². The van der Waals surface area contributed by atoms with Gasteiger partial charge in [0, 0.05) is 12.2 Å².